The number of aromatic amines is 1. The minimum Gasteiger partial charge on any atom is -0.361 e. The zero-order valence-electron chi connectivity index (χ0n) is 9.88. The Balaban J connectivity index is 2.10. The lowest BCUT2D eigenvalue weighted by Crippen LogP contribution is -2.17. The van der Waals surface area contributed by atoms with Crippen LogP contribution in [0.4, 0.5) is 10.5 Å². The number of nitrogens with zero attached hydrogens (tertiary/aromatic N) is 1. The first kappa shape index (κ1) is 12.4. The lowest BCUT2D eigenvalue weighted by atomic mass is 10.1. The topological polar surface area (TPSA) is 105 Å². The van der Waals surface area contributed by atoms with Crippen LogP contribution in [0.1, 0.15) is 5.56 Å². The highest BCUT2D eigenvalue weighted by molar-refractivity contribution is 8.18. The molecule has 1 aromatic heterocycles. The average Bonchev–Trinajstić information content (AvgIpc) is 2.93. The average molecular weight is 289 g/mol. The van der Waals surface area contributed by atoms with E-state index in [2.05, 4.69) is 10.3 Å². The first-order valence-electron chi connectivity index (χ1n) is 5.55. The molecule has 8 heteroatoms. The number of non-ortho nitro benzene ring substituents is 1. The fraction of sp³-hybridized carbons (Fsp3) is 0. The van der Waals surface area contributed by atoms with Crippen LogP contribution in [-0.2, 0) is 4.79 Å². The predicted octanol–water partition coefficient (Wildman–Crippen LogP) is 2.40. The van der Waals surface area contributed by atoms with E-state index in [4.69, 9.17) is 0 Å². The van der Waals surface area contributed by atoms with E-state index in [1.807, 2.05) is 0 Å². The lowest BCUT2D eigenvalue weighted by molar-refractivity contribution is -0.384. The van der Waals surface area contributed by atoms with E-state index >= 15 is 0 Å². The number of carbonyl (C=O) groups is 2. The number of hydrogen-bond acceptors (Lipinski definition) is 5. The van der Waals surface area contributed by atoms with Crippen molar-refractivity contribution in [2.45, 2.75) is 0 Å². The van der Waals surface area contributed by atoms with Crippen molar-refractivity contribution in [3.8, 4) is 0 Å². The molecule has 0 saturated carbocycles. The summed E-state index contributed by atoms with van der Waals surface area (Å²) in [6, 6.07) is 4.43. The molecule has 2 aromatic rings. The monoisotopic (exact) mass is 289 g/mol. The molecular weight excluding hydrogens is 282 g/mol. The van der Waals surface area contributed by atoms with Gasteiger partial charge in [-0.3, -0.25) is 25.0 Å². The van der Waals surface area contributed by atoms with Gasteiger partial charge in [0, 0.05) is 34.8 Å². The second-order valence-corrected chi connectivity index (χ2v) is 5.10. The summed E-state index contributed by atoms with van der Waals surface area (Å²) in [5, 5.41) is 13.1. The van der Waals surface area contributed by atoms with Crippen LogP contribution in [0.3, 0.4) is 0 Å². The Morgan fingerprint density at radius 3 is 2.75 bits per heavy atom. The number of amides is 2. The third-order valence-corrected chi connectivity index (χ3v) is 3.65. The van der Waals surface area contributed by atoms with Gasteiger partial charge in [0.1, 0.15) is 0 Å². The molecule has 2 N–H and O–H groups in total. The van der Waals surface area contributed by atoms with Gasteiger partial charge in [0.2, 0.25) is 0 Å². The summed E-state index contributed by atoms with van der Waals surface area (Å²) >= 11 is 0.805. The molecular formula is C12H7N3O4S. The van der Waals surface area contributed by atoms with Crippen LogP contribution in [0.15, 0.2) is 29.3 Å². The quantitative estimate of drug-likeness (QED) is 0.501. The number of aromatic nitrogens is 1. The number of nitro groups is 1. The number of thioether (sulfide) groups is 1. The van der Waals surface area contributed by atoms with Gasteiger partial charge in [0.25, 0.3) is 16.8 Å². The number of nitrogens with one attached hydrogen (secondary N) is 2. The van der Waals surface area contributed by atoms with Crippen LogP contribution in [0, 0.1) is 10.1 Å². The summed E-state index contributed by atoms with van der Waals surface area (Å²) < 4.78 is 0. The van der Waals surface area contributed by atoms with Gasteiger partial charge in [-0.15, -0.1) is 0 Å². The Morgan fingerprint density at radius 1 is 1.30 bits per heavy atom. The maximum atomic E-state index is 11.5. The molecule has 100 valence electrons. The van der Waals surface area contributed by atoms with E-state index in [-0.39, 0.29) is 10.6 Å². The molecule has 0 radical (unpaired) electrons. The normalized spacial score (nSPS) is 16.9. The molecule has 2 amide bonds. The Bertz CT molecular complexity index is 793. The van der Waals surface area contributed by atoms with Crippen LogP contribution in [0.5, 0.6) is 0 Å². The second kappa shape index (κ2) is 4.49. The zero-order valence-corrected chi connectivity index (χ0v) is 10.7. The van der Waals surface area contributed by atoms with E-state index in [9.17, 15) is 19.7 Å². The van der Waals surface area contributed by atoms with Gasteiger partial charge < -0.3 is 4.98 Å². The van der Waals surface area contributed by atoms with E-state index < -0.39 is 16.1 Å². The largest absolute Gasteiger partial charge is 0.361 e. The third kappa shape index (κ3) is 2.05. The molecule has 0 aliphatic carbocycles. The van der Waals surface area contributed by atoms with Gasteiger partial charge in [-0.1, -0.05) is 0 Å². The van der Waals surface area contributed by atoms with Crippen molar-refractivity contribution in [3.05, 3.63) is 45.0 Å². The molecule has 0 atom stereocenters. The summed E-state index contributed by atoms with van der Waals surface area (Å²) in [5.41, 5.74) is 1.31. The summed E-state index contributed by atoms with van der Waals surface area (Å²) in [7, 11) is 0. The van der Waals surface area contributed by atoms with Crippen LogP contribution in [-0.4, -0.2) is 21.1 Å². The van der Waals surface area contributed by atoms with Crippen molar-refractivity contribution < 1.29 is 14.5 Å². The number of benzene rings is 1. The van der Waals surface area contributed by atoms with Crippen molar-refractivity contribution in [2.24, 2.45) is 0 Å². The van der Waals surface area contributed by atoms with Crippen LogP contribution in [0.25, 0.3) is 17.0 Å². The molecule has 1 aliphatic heterocycles. The third-order valence-electron chi connectivity index (χ3n) is 2.84. The van der Waals surface area contributed by atoms with Crippen LogP contribution in [0.2, 0.25) is 0 Å². The van der Waals surface area contributed by atoms with Gasteiger partial charge >= 0.3 is 0 Å². The van der Waals surface area contributed by atoms with Crippen molar-refractivity contribution in [2.75, 3.05) is 0 Å². The van der Waals surface area contributed by atoms with E-state index in [1.165, 1.54) is 18.2 Å². The van der Waals surface area contributed by atoms with E-state index in [1.54, 1.807) is 12.3 Å². The van der Waals surface area contributed by atoms with Gasteiger partial charge in [-0.25, -0.2) is 0 Å². The maximum absolute atomic E-state index is 11.5. The van der Waals surface area contributed by atoms with Gasteiger partial charge in [0.05, 0.1) is 9.83 Å². The predicted molar refractivity (Wildman–Crippen MR) is 74.1 cm³/mol. The molecule has 1 fully saturated rings. The molecule has 0 unspecified atom stereocenters. The van der Waals surface area contributed by atoms with E-state index in [0.717, 1.165) is 17.3 Å². The summed E-state index contributed by atoms with van der Waals surface area (Å²) in [4.78, 5) is 36.1. The van der Waals surface area contributed by atoms with Crippen molar-refractivity contribution in [1.29, 1.82) is 0 Å². The molecule has 7 nitrogen and oxygen atoms in total. The number of nitro benzene ring substituents is 1. The summed E-state index contributed by atoms with van der Waals surface area (Å²) in [5.74, 6) is -0.459. The zero-order chi connectivity index (χ0) is 14.3. The first-order chi connectivity index (χ1) is 9.54. The smallest absolute Gasteiger partial charge is 0.290 e. The molecule has 3 rings (SSSR count). The SMILES string of the molecule is O=C1NC(=O)/C(=C/c2c[nH]c3ccc([N+](=O)[O-])cc23)S1. The minimum absolute atomic E-state index is 0.0312. The molecule has 1 aromatic carbocycles. The maximum Gasteiger partial charge on any atom is 0.290 e. The van der Waals surface area contributed by atoms with Gasteiger partial charge in [-0.05, 0) is 23.9 Å². The van der Waals surface area contributed by atoms with Crippen LogP contribution >= 0.6 is 11.8 Å². The summed E-state index contributed by atoms with van der Waals surface area (Å²) in [6.45, 7) is 0. The number of rotatable bonds is 2. The fourth-order valence-electron chi connectivity index (χ4n) is 1.93. The summed E-state index contributed by atoms with van der Waals surface area (Å²) in [6.07, 6.45) is 3.17. The molecule has 0 bridgehead atoms. The molecule has 1 saturated heterocycles. The van der Waals surface area contributed by atoms with Crippen molar-refractivity contribution in [3.63, 3.8) is 0 Å². The highest BCUT2D eigenvalue weighted by Gasteiger charge is 2.25. The number of H-pyrrole nitrogens is 1. The second-order valence-electron chi connectivity index (χ2n) is 4.08. The van der Waals surface area contributed by atoms with Crippen molar-refractivity contribution >= 4 is 45.6 Å². The van der Waals surface area contributed by atoms with Crippen molar-refractivity contribution in [1.82, 2.24) is 10.3 Å². The number of fused-ring (bicyclic) bond motifs is 1. The fourth-order valence-corrected chi connectivity index (χ4v) is 2.60. The van der Waals surface area contributed by atoms with E-state index in [0.29, 0.717) is 10.9 Å². The van der Waals surface area contributed by atoms with Crippen LogP contribution < -0.4 is 5.32 Å². The number of carbonyl (C=O) groups excluding carboxylic acids is 2. The molecule has 20 heavy (non-hydrogen) atoms. The Kier molecular flexibility index (Phi) is 2.79. The standard InChI is InChI=1S/C12H7N3O4S/c16-11-10(20-12(17)14-11)3-6-5-13-9-2-1-7(15(18)19)4-8(6)9/h1-5,13H,(H,14,16,17)/b10-3-. The van der Waals surface area contributed by atoms with Gasteiger partial charge in [-0.2, -0.15) is 0 Å². The Labute approximate surface area is 116 Å². The van der Waals surface area contributed by atoms with Gasteiger partial charge in [0.15, 0.2) is 0 Å². The lowest BCUT2D eigenvalue weighted by Gasteiger charge is -1.95. The Morgan fingerprint density at radius 2 is 2.10 bits per heavy atom. The highest BCUT2D eigenvalue weighted by Crippen LogP contribution is 2.29. The number of imide groups is 1. The molecule has 1 aliphatic rings. The number of hydrogen-bond donors (Lipinski definition) is 2. The molecule has 2 heterocycles. The first-order valence-corrected chi connectivity index (χ1v) is 6.36. The Hall–Kier alpha value is -2.61. The highest BCUT2D eigenvalue weighted by atomic mass is 32.2. The molecule has 0 spiro atoms. The minimum atomic E-state index is -0.482.